The molecule has 1 aromatic heterocycles. The van der Waals surface area contributed by atoms with Crippen LogP contribution in [0.4, 0.5) is 36.3 Å². The molecular formula is C20H17F3N4O. The van der Waals surface area contributed by atoms with Crippen LogP contribution in [-0.4, -0.2) is 15.8 Å². The summed E-state index contributed by atoms with van der Waals surface area (Å²) < 4.78 is 38.6. The van der Waals surface area contributed by atoms with Crippen molar-refractivity contribution in [2.75, 3.05) is 10.6 Å². The zero-order chi connectivity index (χ0) is 20.3. The Kier molecular flexibility index (Phi) is 5.30. The van der Waals surface area contributed by atoms with Crippen molar-refractivity contribution in [1.82, 2.24) is 9.97 Å². The Bertz CT molecular complexity index is 1020. The molecule has 2 N–H and O–H groups in total. The number of nitrogens with zero attached hydrogens (tertiary/aromatic N) is 2. The van der Waals surface area contributed by atoms with Crippen molar-refractivity contribution >= 4 is 28.9 Å². The average molecular weight is 386 g/mol. The fourth-order valence-corrected chi connectivity index (χ4v) is 2.55. The molecule has 0 aliphatic rings. The van der Waals surface area contributed by atoms with Crippen LogP contribution in [0.2, 0.25) is 0 Å². The average Bonchev–Trinajstić information content (AvgIpc) is 2.61. The van der Waals surface area contributed by atoms with Gasteiger partial charge in [0.15, 0.2) is 5.78 Å². The number of aryl methyl sites for hydroxylation is 1. The summed E-state index contributed by atoms with van der Waals surface area (Å²) in [6.07, 6.45) is -4.42. The molecule has 0 unspecified atom stereocenters. The quantitative estimate of drug-likeness (QED) is 0.567. The highest BCUT2D eigenvalue weighted by Crippen LogP contribution is 2.31. The van der Waals surface area contributed by atoms with E-state index < -0.39 is 11.7 Å². The molecule has 0 fully saturated rings. The molecule has 0 saturated heterocycles. The van der Waals surface area contributed by atoms with Gasteiger partial charge in [-0.15, -0.1) is 0 Å². The summed E-state index contributed by atoms with van der Waals surface area (Å²) in [5.74, 6) is 0.535. The Morgan fingerprint density at radius 3 is 2.29 bits per heavy atom. The van der Waals surface area contributed by atoms with Crippen molar-refractivity contribution in [2.24, 2.45) is 0 Å². The van der Waals surface area contributed by atoms with Crippen LogP contribution in [0.3, 0.4) is 0 Å². The summed E-state index contributed by atoms with van der Waals surface area (Å²) in [6.45, 7) is 3.22. The minimum Gasteiger partial charge on any atom is -0.340 e. The highest BCUT2D eigenvalue weighted by molar-refractivity contribution is 5.95. The molecule has 28 heavy (non-hydrogen) atoms. The van der Waals surface area contributed by atoms with Crippen LogP contribution in [0, 0.1) is 6.92 Å². The molecule has 8 heteroatoms. The SMILES string of the molecule is CC(=O)c1cccc(Nc2nc(C)cc(Nc3cccc(C(F)(F)F)c3)n2)c1. The maximum atomic E-state index is 12.9. The van der Waals surface area contributed by atoms with Gasteiger partial charge in [0.05, 0.1) is 5.56 Å². The molecular weight excluding hydrogens is 369 g/mol. The normalized spacial score (nSPS) is 11.2. The van der Waals surface area contributed by atoms with E-state index >= 15 is 0 Å². The smallest absolute Gasteiger partial charge is 0.340 e. The molecule has 1 heterocycles. The largest absolute Gasteiger partial charge is 0.416 e. The number of nitrogens with one attached hydrogen (secondary N) is 2. The maximum absolute atomic E-state index is 12.9. The summed E-state index contributed by atoms with van der Waals surface area (Å²) in [4.78, 5) is 20.1. The number of alkyl halides is 3. The molecule has 2 aromatic carbocycles. The van der Waals surface area contributed by atoms with E-state index in [2.05, 4.69) is 20.6 Å². The van der Waals surface area contributed by atoms with E-state index in [1.54, 1.807) is 37.3 Å². The Balaban J connectivity index is 1.84. The van der Waals surface area contributed by atoms with E-state index in [9.17, 15) is 18.0 Å². The summed E-state index contributed by atoms with van der Waals surface area (Å²) in [6, 6.07) is 13.4. The van der Waals surface area contributed by atoms with Crippen LogP contribution in [0.15, 0.2) is 54.6 Å². The highest BCUT2D eigenvalue weighted by Gasteiger charge is 2.30. The van der Waals surface area contributed by atoms with Gasteiger partial charge in [-0.2, -0.15) is 18.2 Å². The van der Waals surface area contributed by atoms with Gasteiger partial charge in [-0.1, -0.05) is 18.2 Å². The van der Waals surface area contributed by atoms with E-state index in [1.807, 2.05) is 0 Å². The van der Waals surface area contributed by atoms with E-state index in [0.717, 1.165) is 12.1 Å². The van der Waals surface area contributed by atoms with Gasteiger partial charge < -0.3 is 10.6 Å². The molecule has 0 spiro atoms. The topological polar surface area (TPSA) is 66.9 Å². The number of hydrogen-bond donors (Lipinski definition) is 2. The first-order valence-corrected chi connectivity index (χ1v) is 8.39. The third-order valence-electron chi connectivity index (χ3n) is 3.84. The van der Waals surface area contributed by atoms with Crippen molar-refractivity contribution in [3.8, 4) is 0 Å². The number of carbonyl (C=O) groups is 1. The van der Waals surface area contributed by atoms with Crippen molar-refractivity contribution in [3.05, 3.63) is 71.4 Å². The van der Waals surface area contributed by atoms with Gasteiger partial charge in [-0.25, -0.2) is 4.98 Å². The molecule has 3 aromatic rings. The highest BCUT2D eigenvalue weighted by atomic mass is 19.4. The maximum Gasteiger partial charge on any atom is 0.416 e. The van der Waals surface area contributed by atoms with E-state index in [-0.39, 0.29) is 17.4 Å². The number of ketones is 1. The Hall–Kier alpha value is -3.42. The minimum absolute atomic E-state index is 0.0688. The molecule has 0 bridgehead atoms. The lowest BCUT2D eigenvalue weighted by Crippen LogP contribution is -2.06. The fraction of sp³-hybridized carbons (Fsp3) is 0.150. The molecule has 0 aliphatic carbocycles. The number of aromatic nitrogens is 2. The van der Waals surface area contributed by atoms with E-state index in [0.29, 0.717) is 22.8 Å². The molecule has 0 atom stereocenters. The van der Waals surface area contributed by atoms with Crippen LogP contribution in [-0.2, 0) is 6.18 Å². The zero-order valence-corrected chi connectivity index (χ0v) is 15.1. The number of rotatable bonds is 5. The van der Waals surface area contributed by atoms with Crippen molar-refractivity contribution < 1.29 is 18.0 Å². The molecule has 3 rings (SSSR count). The first kappa shape index (κ1) is 19.3. The third-order valence-corrected chi connectivity index (χ3v) is 3.84. The lowest BCUT2D eigenvalue weighted by Gasteiger charge is -2.12. The first-order chi connectivity index (χ1) is 13.2. The van der Waals surface area contributed by atoms with Gasteiger partial charge in [0.25, 0.3) is 0 Å². The second kappa shape index (κ2) is 7.67. The molecule has 0 amide bonds. The molecule has 0 radical (unpaired) electrons. The number of halogens is 3. The number of benzene rings is 2. The number of carbonyl (C=O) groups excluding carboxylic acids is 1. The van der Waals surface area contributed by atoms with E-state index in [1.165, 1.54) is 19.1 Å². The Morgan fingerprint density at radius 2 is 1.61 bits per heavy atom. The van der Waals surface area contributed by atoms with Crippen LogP contribution < -0.4 is 10.6 Å². The Morgan fingerprint density at radius 1 is 0.929 bits per heavy atom. The predicted molar refractivity (Wildman–Crippen MR) is 101 cm³/mol. The standard InChI is InChI=1S/C20H17F3N4O/c1-12-9-18(25-17-8-4-6-15(11-17)20(21,22)23)27-19(24-12)26-16-7-3-5-14(10-16)13(2)28/h3-11H,1-2H3,(H2,24,25,26,27). The van der Waals surface area contributed by atoms with Gasteiger partial charge in [0.2, 0.25) is 5.95 Å². The first-order valence-electron chi connectivity index (χ1n) is 8.39. The number of Topliss-reactive ketones (excluding diaryl/α,β-unsaturated/α-hetero) is 1. The van der Waals surface area contributed by atoms with Crippen LogP contribution in [0.1, 0.15) is 28.5 Å². The fourth-order valence-electron chi connectivity index (χ4n) is 2.55. The van der Waals surface area contributed by atoms with Gasteiger partial charge in [0.1, 0.15) is 5.82 Å². The van der Waals surface area contributed by atoms with Gasteiger partial charge in [-0.05, 0) is 44.2 Å². The van der Waals surface area contributed by atoms with Crippen molar-refractivity contribution in [3.63, 3.8) is 0 Å². The number of hydrogen-bond acceptors (Lipinski definition) is 5. The van der Waals surface area contributed by atoms with Crippen molar-refractivity contribution in [2.45, 2.75) is 20.0 Å². The van der Waals surface area contributed by atoms with E-state index in [4.69, 9.17) is 0 Å². The Labute approximate surface area is 159 Å². The zero-order valence-electron chi connectivity index (χ0n) is 15.1. The summed E-state index contributed by atoms with van der Waals surface area (Å²) in [5, 5.41) is 5.88. The molecule has 5 nitrogen and oxygen atoms in total. The second-order valence-corrected chi connectivity index (χ2v) is 6.18. The third kappa shape index (κ3) is 4.85. The van der Waals surface area contributed by atoms with Crippen LogP contribution in [0.5, 0.6) is 0 Å². The monoisotopic (exact) mass is 386 g/mol. The summed E-state index contributed by atoms with van der Waals surface area (Å²) >= 11 is 0. The summed E-state index contributed by atoms with van der Waals surface area (Å²) in [7, 11) is 0. The predicted octanol–water partition coefficient (Wildman–Crippen LogP) is 5.49. The lowest BCUT2D eigenvalue weighted by molar-refractivity contribution is -0.137. The van der Waals surface area contributed by atoms with Gasteiger partial charge in [0, 0.05) is 28.7 Å². The summed E-state index contributed by atoms with van der Waals surface area (Å²) in [5.41, 5.74) is 1.30. The van der Waals surface area contributed by atoms with Gasteiger partial charge in [-0.3, -0.25) is 4.79 Å². The lowest BCUT2D eigenvalue weighted by atomic mass is 10.1. The molecule has 0 saturated carbocycles. The van der Waals surface area contributed by atoms with Crippen LogP contribution >= 0.6 is 0 Å². The van der Waals surface area contributed by atoms with Gasteiger partial charge >= 0.3 is 6.18 Å². The van der Waals surface area contributed by atoms with Crippen molar-refractivity contribution in [1.29, 1.82) is 0 Å². The molecule has 144 valence electrons. The second-order valence-electron chi connectivity index (χ2n) is 6.18. The molecule has 0 aliphatic heterocycles. The van der Waals surface area contributed by atoms with Crippen LogP contribution in [0.25, 0.3) is 0 Å². The minimum atomic E-state index is -4.42. The number of anilines is 4.